The summed E-state index contributed by atoms with van der Waals surface area (Å²) < 4.78 is 21.4. The number of carbonyl (C=O) groups excluding carboxylic acids is 2. The van der Waals surface area contributed by atoms with Gasteiger partial charge < -0.3 is 9.63 Å². The number of rotatable bonds is 15. The van der Waals surface area contributed by atoms with E-state index < -0.39 is 61.7 Å². The molecule has 0 saturated carbocycles. The van der Waals surface area contributed by atoms with Gasteiger partial charge in [-0.15, -0.1) is 0 Å². The van der Waals surface area contributed by atoms with Crippen molar-refractivity contribution in [2.75, 3.05) is 6.61 Å². The van der Waals surface area contributed by atoms with E-state index in [4.69, 9.17) is 4.52 Å². The van der Waals surface area contributed by atoms with Crippen molar-refractivity contribution in [1.29, 1.82) is 0 Å². The standard InChI is InChI=1S/C37H41N2O7P/c1-5-30(31-20-21-38-39(36(31)44)24-26-14-12-13-19-32(26)37(2,3)4)33(40)22-27(23-35(42)43)34(41)25-46-47(45,28-15-8-6-9-16-28)29-17-10-7-11-18-29/h6-21,27,30H,5,22-25H2,1-4H3,(H,42,43)/t27-,30?/m0/s1. The first-order valence-electron chi connectivity index (χ1n) is 15.6. The van der Waals surface area contributed by atoms with Crippen molar-refractivity contribution < 1.29 is 28.6 Å². The Morgan fingerprint density at radius 3 is 1.98 bits per heavy atom. The Morgan fingerprint density at radius 1 is 0.851 bits per heavy atom. The number of ketones is 2. The van der Waals surface area contributed by atoms with Gasteiger partial charge in [-0.05, 0) is 53.3 Å². The molecule has 0 aliphatic heterocycles. The number of hydrogen-bond acceptors (Lipinski definition) is 7. The lowest BCUT2D eigenvalue weighted by molar-refractivity contribution is -0.141. The number of Topliss-reactive ketones (excluding diaryl/α,β-unsaturated/α-hetero) is 2. The molecule has 4 aromatic rings. The number of hydrogen-bond donors (Lipinski definition) is 1. The predicted molar refractivity (Wildman–Crippen MR) is 182 cm³/mol. The largest absolute Gasteiger partial charge is 0.481 e. The van der Waals surface area contributed by atoms with Gasteiger partial charge in [-0.25, -0.2) is 4.68 Å². The van der Waals surface area contributed by atoms with Crippen LogP contribution in [-0.2, 0) is 35.4 Å². The molecule has 0 aliphatic rings. The highest BCUT2D eigenvalue weighted by atomic mass is 31.2. The topological polar surface area (TPSA) is 133 Å². The average molecular weight is 657 g/mol. The summed E-state index contributed by atoms with van der Waals surface area (Å²) in [7, 11) is -3.72. The first kappa shape index (κ1) is 35.4. The molecule has 9 nitrogen and oxygen atoms in total. The minimum absolute atomic E-state index is 0.162. The van der Waals surface area contributed by atoms with Gasteiger partial charge in [0.2, 0.25) is 0 Å². The normalized spacial score (nSPS) is 13.1. The Kier molecular flexibility index (Phi) is 11.6. The molecule has 1 N–H and O–H groups in total. The van der Waals surface area contributed by atoms with E-state index in [0.29, 0.717) is 10.6 Å². The molecule has 3 aromatic carbocycles. The molecule has 0 radical (unpaired) electrons. The third-order valence-electron chi connectivity index (χ3n) is 8.16. The van der Waals surface area contributed by atoms with E-state index in [0.717, 1.165) is 11.1 Å². The van der Waals surface area contributed by atoms with Crippen molar-refractivity contribution in [1.82, 2.24) is 9.78 Å². The Labute approximate surface area is 275 Å². The third kappa shape index (κ3) is 8.67. The van der Waals surface area contributed by atoms with Gasteiger partial charge in [-0.1, -0.05) is 88.4 Å². The Morgan fingerprint density at radius 2 is 1.43 bits per heavy atom. The number of benzene rings is 3. The molecule has 0 bridgehead atoms. The Balaban J connectivity index is 1.56. The summed E-state index contributed by atoms with van der Waals surface area (Å²) in [6.07, 6.45) is 0.710. The number of carbonyl (C=O) groups is 3. The van der Waals surface area contributed by atoms with Gasteiger partial charge in [0.25, 0.3) is 12.9 Å². The summed E-state index contributed by atoms with van der Waals surface area (Å²) in [4.78, 5) is 52.6. The quantitative estimate of drug-likeness (QED) is 0.163. The summed E-state index contributed by atoms with van der Waals surface area (Å²) in [6, 6.07) is 26.3. The molecule has 10 heteroatoms. The second-order valence-electron chi connectivity index (χ2n) is 12.5. The van der Waals surface area contributed by atoms with Crippen molar-refractivity contribution in [2.45, 2.75) is 64.8 Å². The van der Waals surface area contributed by atoms with Gasteiger partial charge in [0.05, 0.1) is 13.0 Å². The number of carboxylic acids is 1. The van der Waals surface area contributed by atoms with Crippen LogP contribution in [0.2, 0.25) is 0 Å². The maximum atomic E-state index is 14.2. The van der Waals surface area contributed by atoms with E-state index in [1.54, 1.807) is 67.6 Å². The smallest absolute Gasteiger partial charge is 0.304 e. The van der Waals surface area contributed by atoms with Crippen LogP contribution in [0.5, 0.6) is 0 Å². The number of aliphatic carboxylic acids is 1. The lowest BCUT2D eigenvalue weighted by Crippen LogP contribution is -2.32. The zero-order valence-corrected chi connectivity index (χ0v) is 28.1. The zero-order valence-electron chi connectivity index (χ0n) is 27.2. The molecule has 0 saturated heterocycles. The van der Waals surface area contributed by atoms with Crippen LogP contribution in [0.3, 0.4) is 0 Å². The third-order valence-corrected chi connectivity index (χ3v) is 10.6. The van der Waals surface area contributed by atoms with E-state index in [1.165, 1.54) is 16.9 Å². The van der Waals surface area contributed by atoms with Crippen LogP contribution in [0.15, 0.2) is 102 Å². The van der Waals surface area contributed by atoms with E-state index >= 15 is 0 Å². The molecular formula is C37H41N2O7P. The molecule has 4 rings (SSSR count). The van der Waals surface area contributed by atoms with E-state index in [2.05, 4.69) is 25.9 Å². The van der Waals surface area contributed by atoms with Gasteiger partial charge in [0, 0.05) is 40.6 Å². The molecule has 1 aromatic heterocycles. The second-order valence-corrected chi connectivity index (χ2v) is 14.9. The summed E-state index contributed by atoms with van der Waals surface area (Å²) in [5.74, 6) is -4.47. The Bertz CT molecular complexity index is 1770. The highest BCUT2D eigenvalue weighted by molar-refractivity contribution is 7.74. The maximum absolute atomic E-state index is 14.2. The van der Waals surface area contributed by atoms with Crippen LogP contribution < -0.4 is 16.2 Å². The molecule has 0 spiro atoms. The van der Waals surface area contributed by atoms with Crippen LogP contribution in [0.4, 0.5) is 0 Å². The zero-order chi connectivity index (χ0) is 34.2. The summed E-state index contributed by atoms with van der Waals surface area (Å²) in [5, 5.41) is 14.7. The lowest BCUT2D eigenvalue weighted by Gasteiger charge is -2.23. The SMILES string of the molecule is CCC(C(=O)C[C@@H](CC(=O)O)C(=O)COP(=O)(c1ccccc1)c1ccccc1)c1ccnn(Cc2ccccc2C(C)(C)C)c1=O. The molecule has 0 aliphatic carbocycles. The minimum atomic E-state index is -3.72. The maximum Gasteiger partial charge on any atom is 0.304 e. The highest BCUT2D eigenvalue weighted by Crippen LogP contribution is 2.44. The number of nitrogens with zero attached hydrogens (tertiary/aromatic N) is 2. The monoisotopic (exact) mass is 656 g/mol. The van der Waals surface area contributed by atoms with Crippen LogP contribution in [0.1, 0.15) is 69.6 Å². The fourth-order valence-corrected chi connectivity index (χ4v) is 7.77. The van der Waals surface area contributed by atoms with Gasteiger partial charge in [0.15, 0.2) is 5.78 Å². The summed E-state index contributed by atoms with van der Waals surface area (Å²) >= 11 is 0. The van der Waals surface area contributed by atoms with E-state index in [1.807, 2.05) is 24.3 Å². The van der Waals surface area contributed by atoms with Crippen molar-refractivity contribution in [2.24, 2.45) is 5.92 Å². The average Bonchev–Trinajstić information content (AvgIpc) is 3.05. The molecular weight excluding hydrogens is 615 g/mol. The minimum Gasteiger partial charge on any atom is -0.481 e. The number of carboxylic acid groups (broad SMARTS) is 1. The molecule has 0 fully saturated rings. The van der Waals surface area contributed by atoms with Gasteiger partial charge in [0.1, 0.15) is 12.4 Å². The van der Waals surface area contributed by atoms with Crippen LogP contribution in [-0.4, -0.2) is 39.0 Å². The molecule has 246 valence electrons. The van der Waals surface area contributed by atoms with Gasteiger partial charge in [-0.3, -0.25) is 23.7 Å². The van der Waals surface area contributed by atoms with Crippen LogP contribution in [0, 0.1) is 5.92 Å². The fourth-order valence-electron chi connectivity index (χ4n) is 5.73. The first-order valence-corrected chi connectivity index (χ1v) is 17.2. The van der Waals surface area contributed by atoms with Crippen molar-refractivity contribution >= 4 is 35.5 Å². The lowest BCUT2D eigenvalue weighted by atomic mass is 9.83. The second kappa shape index (κ2) is 15.4. The summed E-state index contributed by atoms with van der Waals surface area (Å²) in [6.45, 7) is 7.59. The van der Waals surface area contributed by atoms with Gasteiger partial charge >= 0.3 is 5.97 Å². The van der Waals surface area contributed by atoms with Crippen molar-refractivity contribution in [3.63, 3.8) is 0 Å². The van der Waals surface area contributed by atoms with Gasteiger partial charge in [-0.2, -0.15) is 5.10 Å². The highest BCUT2D eigenvalue weighted by Gasteiger charge is 2.34. The van der Waals surface area contributed by atoms with Crippen molar-refractivity contribution in [3.05, 3.63) is 124 Å². The van der Waals surface area contributed by atoms with Crippen molar-refractivity contribution in [3.8, 4) is 0 Å². The van der Waals surface area contributed by atoms with E-state index in [-0.39, 0.29) is 23.9 Å². The molecule has 1 heterocycles. The fraction of sp³-hybridized carbons (Fsp3) is 0.324. The predicted octanol–water partition coefficient (Wildman–Crippen LogP) is 5.65. The van der Waals surface area contributed by atoms with Crippen LogP contribution >= 0.6 is 7.37 Å². The van der Waals surface area contributed by atoms with Crippen LogP contribution in [0.25, 0.3) is 0 Å². The van der Waals surface area contributed by atoms with E-state index in [9.17, 15) is 28.8 Å². The first-order chi connectivity index (χ1) is 22.3. The summed E-state index contributed by atoms with van der Waals surface area (Å²) in [5.41, 5.74) is 1.65. The molecule has 0 amide bonds. The molecule has 2 atom stereocenters. The molecule has 47 heavy (non-hydrogen) atoms. The molecule has 1 unspecified atom stereocenters. The Hall–Kier alpha value is -4.46. The number of aromatic nitrogens is 2.